The third-order valence-electron chi connectivity index (χ3n) is 12.7. The molecule has 3 aliphatic rings. The van der Waals surface area contributed by atoms with Gasteiger partial charge in [0.25, 0.3) is 0 Å². The van der Waals surface area contributed by atoms with E-state index in [9.17, 15) is 0 Å². The Kier molecular flexibility index (Phi) is 10.2. The summed E-state index contributed by atoms with van der Waals surface area (Å²) in [5.41, 5.74) is 8.55. The molecule has 0 bridgehead atoms. The maximum atomic E-state index is 6.64. The van der Waals surface area contributed by atoms with E-state index >= 15 is 0 Å². The van der Waals surface area contributed by atoms with Crippen LogP contribution in [0, 0.1) is 3.57 Å². The molecule has 7 rings (SSSR count). The number of unbranched alkanes of at least 4 members (excludes halogenated alkanes) is 5. The van der Waals surface area contributed by atoms with Crippen LogP contribution in [-0.2, 0) is 30.5 Å². The standard InChI is InChI=1S/C45H55B2IO4/c1-10-11-12-13-14-15-16-31-17-19-32(20-18-31)45(33-21-25-36(48)26-22-33)39-29-34(46-49-41(2,3)42(4,5)50-46)23-27-37(39)38-28-24-35(30-40(38)45)47-51-43(6,7)44(8,9)52-47/h17-30H,10-16H2,1-9H3. The van der Waals surface area contributed by atoms with Gasteiger partial charge in [-0.2, -0.15) is 0 Å². The summed E-state index contributed by atoms with van der Waals surface area (Å²) in [6.45, 7) is 19.2. The molecular weight excluding hydrogens is 753 g/mol. The molecule has 4 nitrogen and oxygen atoms in total. The first-order valence-electron chi connectivity index (χ1n) is 19.5. The van der Waals surface area contributed by atoms with Gasteiger partial charge in [-0.15, -0.1) is 0 Å². The fourth-order valence-electron chi connectivity index (χ4n) is 8.13. The summed E-state index contributed by atoms with van der Waals surface area (Å²) in [5.74, 6) is 0. The lowest BCUT2D eigenvalue weighted by atomic mass is 9.65. The van der Waals surface area contributed by atoms with Gasteiger partial charge in [0, 0.05) is 3.57 Å². The summed E-state index contributed by atoms with van der Waals surface area (Å²) in [6, 6.07) is 32.3. The molecule has 4 aromatic rings. The Morgan fingerprint density at radius 1 is 0.500 bits per heavy atom. The highest BCUT2D eigenvalue weighted by Gasteiger charge is 2.55. The van der Waals surface area contributed by atoms with Gasteiger partial charge >= 0.3 is 14.2 Å². The zero-order valence-electron chi connectivity index (χ0n) is 32.7. The smallest absolute Gasteiger partial charge is 0.399 e. The molecule has 0 aromatic heterocycles. The third-order valence-corrected chi connectivity index (χ3v) is 13.4. The minimum absolute atomic E-state index is 0.434. The largest absolute Gasteiger partial charge is 0.494 e. The maximum absolute atomic E-state index is 6.64. The van der Waals surface area contributed by atoms with Gasteiger partial charge in [0.05, 0.1) is 27.8 Å². The molecule has 0 unspecified atom stereocenters. The van der Waals surface area contributed by atoms with Crippen molar-refractivity contribution in [1.82, 2.24) is 0 Å². The normalized spacial score (nSPS) is 20.3. The monoisotopic (exact) mass is 808 g/mol. The number of aryl methyl sites for hydroxylation is 1. The van der Waals surface area contributed by atoms with Crippen LogP contribution < -0.4 is 10.9 Å². The van der Waals surface area contributed by atoms with Crippen molar-refractivity contribution in [1.29, 1.82) is 0 Å². The first-order chi connectivity index (χ1) is 24.6. The van der Waals surface area contributed by atoms with Crippen LogP contribution in [0.25, 0.3) is 11.1 Å². The molecule has 0 radical (unpaired) electrons. The molecule has 0 N–H and O–H groups in total. The van der Waals surface area contributed by atoms with Gasteiger partial charge in [-0.1, -0.05) is 112 Å². The van der Waals surface area contributed by atoms with Gasteiger partial charge in [0.15, 0.2) is 0 Å². The number of benzene rings is 4. The van der Waals surface area contributed by atoms with E-state index in [1.165, 1.54) is 81.0 Å². The van der Waals surface area contributed by atoms with Crippen molar-refractivity contribution >= 4 is 47.8 Å². The summed E-state index contributed by atoms with van der Waals surface area (Å²) in [7, 11) is -0.929. The Hall–Kier alpha value is -2.42. The van der Waals surface area contributed by atoms with Crippen molar-refractivity contribution in [2.75, 3.05) is 0 Å². The zero-order valence-corrected chi connectivity index (χ0v) is 34.9. The van der Waals surface area contributed by atoms with Crippen molar-refractivity contribution in [3.63, 3.8) is 0 Å². The number of hydrogen-bond acceptors (Lipinski definition) is 4. The quantitative estimate of drug-likeness (QED) is 0.0757. The van der Waals surface area contributed by atoms with Crippen molar-refractivity contribution in [3.05, 3.63) is 116 Å². The van der Waals surface area contributed by atoms with Gasteiger partial charge in [-0.05, 0) is 153 Å². The van der Waals surface area contributed by atoms with E-state index in [-0.39, 0.29) is 0 Å². The average Bonchev–Trinajstić information content (AvgIpc) is 3.61. The molecule has 2 fully saturated rings. The maximum Gasteiger partial charge on any atom is 0.494 e. The molecule has 0 amide bonds. The summed E-state index contributed by atoms with van der Waals surface area (Å²) < 4.78 is 27.8. The van der Waals surface area contributed by atoms with Crippen LogP contribution in [0.4, 0.5) is 0 Å². The molecule has 2 aliphatic heterocycles. The van der Waals surface area contributed by atoms with Crippen molar-refractivity contribution < 1.29 is 18.6 Å². The lowest BCUT2D eigenvalue weighted by molar-refractivity contribution is 0.00578. The summed E-state index contributed by atoms with van der Waals surface area (Å²) in [4.78, 5) is 0. The molecule has 2 saturated heterocycles. The molecule has 0 atom stereocenters. The second-order valence-corrected chi connectivity index (χ2v) is 18.5. The lowest BCUT2D eigenvalue weighted by Crippen LogP contribution is -2.41. The Labute approximate surface area is 327 Å². The Morgan fingerprint density at radius 2 is 0.904 bits per heavy atom. The fourth-order valence-corrected chi connectivity index (χ4v) is 8.49. The van der Waals surface area contributed by atoms with E-state index in [0.717, 1.165) is 17.3 Å². The van der Waals surface area contributed by atoms with Crippen molar-refractivity contribution in [3.8, 4) is 11.1 Å². The summed E-state index contributed by atoms with van der Waals surface area (Å²) >= 11 is 2.41. The Morgan fingerprint density at radius 3 is 1.35 bits per heavy atom. The first kappa shape index (κ1) is 37.9. The summed E-state index contributed by atoms with van der Waals surface area (Å²) in [6.07, 6.45) is 8.91. The molecule has 272 valence electrons. The molecule has 52 heavy (non-hydrogen) atoms. The SMILES string of the molecule is CCCCCCCCc1ccc(C2(c3ccc(I)cc3)c3cc(B4OC(C)(C)C(C)(C)O4)ccc3-c3ccc(B4OC(C)(C)C(C)(C)O4)cc32)cc1. The van der Waals surface area contributed by atoms with E-state index in [2.05, 4.69) is 170 Å². The molecule has 1 aliphatic carbocycles. The van der Waals surface area contributed by atoms with Gasteiger partial charge in [-0.3, -0.25) is 0 Å². The van der Waals surface area contributed by atoms with Gasteiger partial charge < -0.3 is 18.6 Å². The molecule has 0 saturated carbocycles. The van der Waals surface area contributed by atoms with Gasteiger partial charge in [-0.25, -0.2) is 0 Å². The van der Waals surface area contributed by atoms with Crippen molar-refractivity contribution in [2.24, 2.45) is 0 Å². The fraction of sp³-hybridized carbons (Fsp3) is 0.467. The van der Waals surface area contributed by atoms with Gasteiger partial charge in [0.1, 0.15) is 0 Å². The highest BCUT2D eigenvalue weighted by atomic mass is 127. The molecule has 2 heterocycles. The van der Waals surface area contributed by atoms with Crippen molar-refractivity contribution in [2.45, 2.75) is 135 Å². The molecule has 7 heteroatoms. The average molecular weight is 808 g/mol. The van der Waals surface area contributed by atoms with Crippen LogP contribution in [0.5, 0.6) is 0 Å². The number of halogens is 1. The zero-order chi connectivity index (χ0) is 37.1. The number of rotatable bonds is 11. The topological polar surface area (TPSA) is 36.9 Å². The molecule has 0 spiro atoms. The van der Waals surface area contributed by atoms with Crippen LogP contribution >= 0.6 is 22.6 Å². The Balaban J connectivity index is 1.39. The summed E-state index contributed by atoms with van der Waals surface area (Å²) in [5, 5.41) is 0. The lowest BCUT2D eigenvalue weighted by Gasteiger charge is -2.34. The van der Waals surface area contributed by atoms with Gasteiger partial charge in [0.2, 0.25) is 0 Å². The highest BCUT2D eigenvalue weighted by molar-refractivity contribution is 14.1. The minimum atomic E-state index is -0.590. The predicted molar refractivity (Wildman–Crippen MR) is 225 cm³/mol. The van der Waals surface area contributed by atoms with Crippen LogP contribution in [-0.4, -0.2) is 36.6 Å². The van der Waals surface area contributed by atoms with Crippen LogP contribution in [0.15, 0.2) is 84.9 Å². The van der Waals surface area contributed by atoms with E-state index in [1.54, 1.807) is 0 Å². The van der Waals surface area contributed by atoms with Crippen LogP contribution in [0.2, 0.25) is 0 Å². The number of hydrogen-bond donors (Lipinski definition) is 0. The molecular formula is C45H55B2IO4. The van der Waals surface area contributed by atoms with E-state index in [4.69, 9.17) is 18.6 Å². The van der Waals surface area contributed by atoms with Crippen LogP contribution in [0.1, 0.15) is 129 Å². The van der Waals surface area contributed by atoms with E-state index < -0.39 is 42.1 Å². The first-order valence-corrected chi connectivity index (χ1v) is 20.5. The second kappa shape index (κ2) is 14.0. The second-order valence-electron chi connectivity index (χ2n) is 17.3. The van der Waals surface area contributed by atoms with E-state index in [1.807, 2.05) is 0 Å². The van der Waals surface area contributed by atoms with Crippen LogP contribution in [0.3, 0.4) is 0 Å². The highest BCUT2D eigenvalue weighted by Crippen LogP contribution is 2.56. The molecule has 4 aromatic carbocycles. The Bertz CT molecular complexity index is 1800. The van der Waals surface area contributed by atoms with E-state index in [0.29, 0.717) is 0 Å². The number of fused-ring (bicyclic) bond motifs is 3. The minimum Gasteiger partial charge on any atom is -0.399 e. The third kappa shape index (κ3) is 6.55. The predicted octanol–water partition coefficient (Wildman–Crippen LogP) is 10.2.